The van der Waals surface area contributed by atoms with Crippen molar-refractivity contribution in [2.75, 3.05) is 6.54 Å². The molecule has 82 valence electrons. The number of nitrogens with one attached hydrogen (secondary N) is 1. The van der Waals surface area contributed by atoms with Crippen molar-refractivity contribution in [2.45, 2.75) is 31.9 Å². The molecule has 3 heteroatoms. The summed E-state index contributed by atoms with van der Waals surface area (Å²) in [7, 11) is 0. The predicted molar refractivity (Wildman–Crippen MR) is 64.9 cm³/mol. The maximum atomic E-state index is 9.93. The third kappa shape index (κ3) is 3.03. The number of benzene rings is 1. The van der Waals surface area contributed by atoms with Crippen molar-refractivity contribution < 1.29 is 5.11 Å². The molecule has 2 nitrogen and oxygen atoms in total. The molecule has 1 fully saturated rings. The maximum Gasteiger partial charge on any atom is 0.0914 e. The smallest absolute Gasteiger partial charge is 0.0914 e. The lowest BCUT2D eigenvalue weighted by molar-refractivity contribution is 0.174. The summed E-state index contributed by atoms with van der Waals surface area (Å²) in [6, 6.07) is 6.65. The summed E-state index contributed by atoms with van der Waals surface area (Å²) in [5.41, 5.74) is 2.17. The van der Waals surface area contributed by atoms with Crippen molar-refractivity contribution in [1.29, 1.82) is 0 Å². The van der Waals surface area contributed by atoms with Gasteiger partial charge in [-0.05, 0) is 37.0 Å². The number of hydrogen-bond acceptors (Lipinski definition) is 2. The van der Waals surface area contributed by atoms with Crippen LogP contribution in [0.1, 0.15) is 30.1 Å². The number of rotatable bonds is 4. The quantitative estimate of drug-likeness (QED) is 0.881. The topological polar surface area (TPSA) is 32.3 Å². The SMILES string of the molecule is Cc1ccc(C(O)CNC2CC2)cc1Br. The highest BCUT2D eigenvalue weighted by Gasteiger charge is 2.21. The Morgan fingerprint density at radius 3 is 2.87 bits per heavy atom. The average Bonchev–Trinajstić information content (AvgIpc) is 3.02. The van der Waals surface area contributed by atoms with E-state index in [1.54, 1.807) is 0 Å². The molecular formula is C12H16BrNO. The van der Waals surface area contributed by atoms with Crippen LogP contribution in [-0.2, 0) is 0 Å². The molecule has 1 aromatic carbocycles. The van der Waals surface area contributed by atoms with E-state index in [9.17, 15) is 5.11 Å². The molecular weight excluding hydrogens is 254 g/mol. The number of aliphatic hydroxyl groups excluding tert-OH is 1. The van der Waals surface area contributed by atoms with Gasteiger partial charge in [-0.3, -0.25) is 0 Å². The van der Waals surface area contributed by atoms with Crippen LogP contribution >= 0.6 is 15.9 Å². The second-order valence-electron chi connectivity index (χ2n) is 4.21. The molecule has 0 saturated heterocycles. The summed E-state index contributed by atoms with van der Waals surface area (Å²) < 4.78 is 1.06. The maximum absolute atomic E-state index is 9.93. The molecule has 1 aromatic rings. The first-order valence-electron chi connectivity index (χ1n) is 5.34. The molecule has 1 aliphatic rings. The van der Waals surface area contributed by atoms with Crippen LogP contribution in [0.5, 0.6) is 0 Å². The average molecular weight is 270 g/mol. The van der Waals surface area contributed by atoms with E-state index in [0.717, 1.165) is 10.0 Å². The first-order chi connectivity index (χ1) is 7.16. The Morgan fingerprint density at radius 2 is 2.27 bits per heavy atom. The molecule has 1 unspecified atom stereocenters. The summed E-state index contributed by atoms with van der Waals surface area (Å²) in [6.07, 6.45) is 2.11. The van der Waals surface area contributed by atoms with Crippen LogP contribution in [0.15, 0.2) is 22.7 Å². The van der Waals surface area contributed by atoms with Crippen molar-refractivity contribution in [3.05, 3.63) is 33.8 Å². The van der Waals surface area contributed by atoms with E-state index in [1.807, 2.05) is 25.1 Å². The fourth-order valence-electron chi connectivity index (χ4n) is 1.50. The minimum Gasteiger partial charge on any atom is -0.387 e. The molecule has 0 bridgehead atoms. The number of aliphatic hydroxyl groups is 1. The Kier molecular flexibility index (Phi) is 3.44. The number of aryl methyl sites for hydroxylation is 1. The fourth-order valence-corrected chi connectivity index (χ4v) is 1.90. The van der Waals surface area contributed by atoms with E-state index in [0.29, 0.717) is 12.6 Å². The summed E-state index contributed by atoms with van der Waals surface area (Å²) >= 11 is 3.48. The number of halogens is 1. The summed E-state index contributed by atoms with van der Waals surface area (Å²) in [6.45, 7) is 2.70. The van der Waals surface area contributed by atoms with E-state index < -0.39 is 6.10 Å². The van der Waals surface area contributed by atoms with Gasteiger partial charge in [0.05, 0.1) is 6.10 Å². The van der Waals surface area contributed by atoms with Gasteiger partial charge in [0.15, 0.2) is 0 Å². The van der Waals surface area contributed by atoms with Crippen molar-refractivity contribution in [2.24, 2.45) is 0 Å². The van der Waals surface area contributed by atoms with Crippen LogP contribution < -0.4 is 5.32 Å². The van der Waals surface area contributed by atoms with Gasteiger partial charge in [-0.1, -0.05) is 28.1 Å². The second-order valence-corrected chi connectivity index (χ2v) is 5.06. The lowest BCUT2D eigenvalue weighted by Gasteiger charge is -2.12. The molecule has 1 saturated carbocycles. The standard InChI is InChI=1S/C12H16BrNO/c1-8-2-3-9(6-11(8)13)12(15)7-14-10-4-5-10/h2-3,6,10,12,14-15H,4-5,7H2,1H3. The molecule has 1 aliphatic carbocycles. The summed E-state index contributed by atoms with van der Waals surface area (Å²) in [5.74, 6) is 0. The molecule has 0 spiro atoms. The zero-order chi connectivity index (χ0) is 10.8. The Morgan fingerprint density at radius 1 is 1.53 bits per heavy atom. The molecule has 2 N–H and O–H groups in total. The highest BCUT2D eigenvalue weighted by atomic mass is 79.9. The third-order valence-corrected chi connectivity index (χ3v) is 3.61. The lowest BCUT2D eigenvalue weighted by atomic mass is 10.1. The van der Waals surface area contributed by atoms with Gasteiger partial charge in [0.25, 0.3) is 0 Å². The molecule has 1 atom stereocenters. The normalized spacial score (nSPS) is 17.8. The molecule has 0 amide bonds. The van der Waals surface area contributed by atoms with E-state index in [2.05, 4.69) is 21.2 Å². The predicted octanol–water partition coefficient (Wildman–Crippen LogP) is 2.54. The molecule has 0 aliphatic heterocycles. The molecule has 2 rings (SSSR count). The van der Waals surface area contributed by atoms with Gasteiger partial charge >= 0.3 is 0 Å². The van der Waals surface area contributed by atoms with Gasteiger partial charge in [0, 0.05) is 17.1 Å². The Hall–Kier alpha value is -0.380. The zero-order valence-electron chi connectivity index (χ0n) is 8.83. The number of hydrogen-bond donors (Lipinski definition) is 2. The Labute approximate surface area is 98.8 Å². The van der Waals surface area contributed by atoms with E-state index in [-0.39, 0.29) is 0 Å². The van der Waals surface area contributed by atoms with Gasteiger partial charge in [-0.25, -0.2) is 0 Å². The van der Waals surface area contributed by atoms with Crippen LogP contribution in [-0.4, -0.2) is 17.7 Å². The van der Waals surface area contributed by atoms with Crippen LogP contribution in [0.4, 0.5) is 0 Å². The van der Waals surface area contributed by atoms with Gasteiger partial charge in [0.2, 0.25) is 0 Å². The van der Waals surface area contributed by atoms with Crippen LogP contribution in [0, 0.1) is 6.92 Å². The Bertz CT molecular complexity index is 349. The van der Waals surface area contributed by atoms with Crippen molar-refractivity contribution in [3.8, 4) is 0 Å². The Balaban J connectivity index is 1.97. The van der Waals surface area contributed by atoms with E-state index in [4.69, 9.17) is 0 Å². The van der Waals surface area contributed by atoms with Crippen LogP contribution in [0.2, 0.25) is 0 Å². The van der Waals surface area contributed by atoms with Gasteiger partial charge in [0.1, 0.15) is 0 Å². The van der Waals surface area contributed by atoms with E-state index >= 15 is 0 Å². The van der Waals surface area contributed by atoms with Crippen molar-refractivity contribution in [1.82, 2.24) is 5.32 Å². The van der Waals surface area contributed by atoms with Crippen molar-refractivity contribution >= 4 is 15.9 Å². The van der Waals surface area contributed by atoms with Crippen LogP contribution in [0.25, 0.3) is 0 Å². The summed E-state index contributed by atoms with van der Waals surface area (Å²) in [5, 5.41) is 13.3. The molecule has 0 heterocycles. The largest absolute Gasteiger partial charge is 0.387 e. The minimum atomic E-state index is -0.400. The van der Waals surface area contributed by atoms with Crippen LogP contribution in [0.3, 0.4) is 0 Å². The second kappa shape index (κ2) is 4.64. The monoisotopic (exact) mass is 269 g/mol. The summed E-state index contributed by atoms with van der Waals surface area (Å²) in [4.78, 5) is 0. The van der Waals surface area contributed by atoms with Crippen molar-refractivity contribution in [3.63, 3.8) is 0 Å². The lowest BCUT2D eigenvalue weighted by Crippen LogP contribution is -2.23. The molecule has 0 radical (unpaired) electrons. The first kappa shape index (κ1) is 11.1. The fraction of sp³-hybridized carbons (Fsp3) is 0.500. The highest BCUT2D eigenvalue weighted by Crippen LogP contribution is 2.23. The van der Waals surface area contributed by atoms with Gasteiger partial charge in [-0.15, -0.1) is 0 Å². The highest BCUT2D eigenvalue weighted by molar-refractivity contribution is 9.10. The minimum absolute atomic E-state index is 0.400. The van der Waals surface area contributed by atoms with Gasteiger partial charge < -0.3 is 10.4 Å². The van der Waals surface area contributed by atoms with Gasteiger partial charge in [-0.2, -0.15) is 0 Å². The first-order valence-corrected chi connectivity index (χ1v) is 6.13. The van der Waals surface area contributed by atoms with E-state index in [1.165, 1.54) is 18.4 Å². The molecule has 15 heavy (non-hydrogen) atoms. The third-order valence-electron chi connectivity index (χ3n) is 2.76. The zero-order valence-corrected chi connectivity index (χ0v) is 10.4. The molecule has 0 aromatic heterocycles.